The van der Waals surface area contributed by atoms with Gasteiger partial charge in [-0.1, -0.05) is 34.1 Å². The molecule has 0 aromatic heterocycles. The van der Waals surface area contributed by atoms with Gasteiger partial charge in [-0.3, -0.25) is 0 Å². The lowest BCUT2D eigenvalue weighted by Crippen LogP contribution is -2.31. The first-order valence-electron chi connectivity index (χ1n) is 5.26. The molecule has 0 aliphatic heterocycles. The zero-order valence-corrected chi connectivity index (χ0v) is 11.0. The minimum Gasteiger partial charge on any atom is -0.308 e. The largest absolute Gasteiger partial charge is 0.308 e. The smallest absolute Gasteiger partial charge is 0.150 e. The Morgan fingerprint density at radius 2 is 1.89 bits per heavy atom. The highest BCUT2D eigenvalue weighted by molar-refractivity contribution is 9.10. The lowest BCUT2D eigenvalue weighted by molar-refractivity contribution is 0.623. The van der Waals surface area contributed by atoms with Gasteiger partial charge in [0.1, 0.15) is 5.82 Å². The Hall–Kier alpha value is -1.72. The number of halogens is 2. The first kappa shape index (κ1) is 12.7. The number of hydrogen-bond donors (Lipinski definition) is 2. The van der Waals surface area contributed by atoms with E-state index in [1.165, 1.54) is 6.07 Å². The van der Waals surface area contributed by atoms with E-state index in [-0.39, 0.29) is 11.7 Å². The number of nitrogens with one attached hydrogen (secondary N) is 1. The Morgan fingerprint density at radius 3 is 2.56 bits per heavy atom. The number of nitrogens with zero attached hydrogens (tertiary/aromatic N) is 1. The van der Waals surface area contributed by atoms with E-state index >= 15 is 0 Å². The van der Waals surface area contributed by atoms with Crippen LogP contribution >= 0.6 is 15.9 Å². The van der Waals surface area contributed by atoms with Crippen molar-refractivity contribution in [1.29, 1.82) is 0 Å². The molecule has 0 atom stereocenters. The molecule has 0 spiro atoms. The number of amidine groups is 1. The maximum Gasteiger partial charge on any atom is 0.150 e. The van der Waals surface area contributed by atoms with Crippen LogP contribution in [0.2, 0.25) is 0 Å². The molecule has 0 unspecified atom stereocenters. The summed E-state index contributed by atoms with van der Waals surface area (Å²) in [6, 6.07) is 13.8. The minimum absolute atomic E-state index is 0.278. The molecular formula is C13H11BrFN3. The molecule has 92 valence electrons. The van der Waals surface area contributed by atoms with Crippen molar-refractivity contribution in [3.8, 4) is 0 Å². The SMILES string of the molecule is NNC(=Nc1ccccc1)c1cc(Br)ccc1F. The monoisotopic (exact) mass is 307 g/mol. The lowest BCUT2D eigenvalue weighted by Gasteiger charge is -2.07. The highest BCUT2D eigenvalue weighted by Gasteiger charge is 2.09. The summed E-state index contributed by atoms with van der Waals surface area (Å²) in [5.41, 5.74) is 3.44. The molecule has 18 heavy (non-hydrogen) atoms. The van der Waals surface area contributed by atoms with Crippen LogP contribution in [0, 0.1) is 5.82 Å². The molecule has 0 aliphatic carbocycles. The third kappa shape index (κ3) is 2.94. The molecule has 5 heteroatoms. The summed E-state index contributed by atoms with van der Waals surface area (Å²) in [6.07, 6.45) is 0. The molecule has 2 aromatic rings. The second kappa shape index (κ2) is 5.75. The van der Waals surface area contributed by atoms with Crippen LogP contribution in [0.4, 0.5) is 10.1 Å². The summed E-state index contributed by atoms with van der Waals surface area (Å²) in [7, 11) is 0. The van der Waals surface area contributed by atoms with Gasteiger partial charge in [-0.25, -0.2) is 15.2 Å². The van der Waals surface area contributed by atoms with Gasteiger partial charge in [-0.15, -0.1) is 0 Å². The molecule has 0 heterocycles. The number of benzene rings is 2. The fourth-order valence-electron chi connectivity index (χ4n) is 1.48. The van der Waals surface area contributed by atoms with Gasteiger partial charge in [0.15, 0.2) is 5.84 Å². The number of rotatable bonds is 2. The first-order valence-corrected chi connectivity index (χ1v) is 6.06. The van der Waals surface area contributed by atoms with Crippen molar-refractivity contribution >= 4 is 27.5 Å². The van der Waals surface area contributed by atoms with Crippen molar-refractivity contribution in [2.75, 3.05) is 0 Å². The highest BCUT2D eigenvalue weighted by Crippen LogP contribution is 2.18. The second-order valence-electron chi connectivity index (χ2n) is 3.56. The first-order chi connectivity index (χ1) is 8.70. The van der Waals surface area contributed by atoms with E-state index < -0.39 is 0 Å². The Morgan fingerprint density at radius 1 is 1.17 bits per heavy atom. The van der Waals surface area contributed by atoms with E-state index in [0.717, 1.165) is 4.47 Å². The van der Waals surface area contributed by atoms with Gasteiger partial charge < -0.3 is 5.43 Å². The van der Waals surface area contributed by atoms with E-state index in [2.05, 4.69) is 26.3 Å². The standard InChI is InChI=1S/C13H11BrFN3/c14-9-6-7-12(15)11(8-9)13(18-16)17-10-4-2-1-3-5-10/h1-8H,16H2,(H,17,18). The average molecular weight is 308 g/mol. The zero-order chi connectivity index (χ0) is 13.0. The summed E-state index contributed by atoms with van der Waals surface area (Å²) in [5.74, 6) is 5.30. The molecule has 0 aliphatic rings. The molecule has 3 N–H and O–H groups in total. The van der Waals surface area contributed by atoms with Gasteiger partial charge in [0, 0.05) is 4.47 Å². The van der Waals surface area contributed by atoms with Crippen molar-refractivity contribution in [3.63, 3.8) is 0 Å². The molecular weight excluding hydrogens is 297 g/mol. The fraction of sp³-hybridized carbons (Fsp3) is 0. The highest BCUT2D eigenvalue weighted by atomic mass is 79.9. The maximum atomic E-state index is 13.7. The van der Waals surface area contributed by atoms with Crippen LogP contribution < -0.4 is 11.3 Å². The van der Waals surface area contributed by atoms with Gasteiger partial charge in [0.2, 0.25) is 0 Å². The normalized spacial score (nSPS) is 11.4. The second-order valence-corrected chi connectivity index (χ2v) is 4.48. The lowest BCUT2D eigenvalue weighted by atomic mass is 10.2. The molecule has 0 saturated heterocycles. The topological polar surface area (TPSA) is 50.4 Å². The summed E-state index contributed by atoms with van der Waals surface area (Å²) < 4.78 is 14.5. The summed E-state index contributed by atoms with van der Waals surface area (Å²) in [5, 5.41) is 0. The van der Waals surface area contributed by atoms with Gasteiger partial charge >= 0.3 is 0 Å². The van der Waals surface area contributed by atoms with E-state index in [1.54, 1.807) is 12.1 Å². The van der Waals surface area contributed by atoms with Gasteiger partial charge in [0.05, 0.1) is 11.3 Å². The van der Waals surface area contributed by atoms with Gasteiger partial charge in [0.25, 0.3) is 0 Å². The Bertz CT molecular complexity index is 570. The quantitative estimate of drug-likeness (QED) is 0.387. The summed E-state index contributed by atoms with van der Waals surface area (Å²) in [4.78, 5) is 4.27. The van der Waals surface area contributed by atoms with Crippen LogP contribution in [0.25, 0.3) is 0 Å². The van der Waals surface area contributed by atoms with Crippen LogP contribution in [0.1, 0.15) is 5.56 Å². The predicted molar refractivity (Wildman–Crippen MR) is 74.1 cm³/mol. The third-order valence-electron chi connectivity index (χ3n) is 2.32. The molecule has 0 saturated carbocycles. The summed E-state index contributed by atoms with van der Waals surface area (Å²) >= 11 is 3.29. The Kier molecular flexibility index (Phi) is 4.07. The Labute approximate surface area is 113 Å². The van der Waals surface area contributed by atoms with Crippen LogP contribution in [0.5, 0.6) is 0 Å². The number of aliphatic imine (C=N–C) groups is 1. The molecule has 2 rings (SSSR count). The van der Waals surface area contributed by atoms with E-state index in [1.807, 2.05) is 30.3 Å². The molecule has 2 aromatic carbocycles. The van der Waals surface area contributed by atoms with Crippen molar-refractivity contribution < 1.29 is 4.39 Å². The van der Waals surface area contributed by atoms with Crippen molar-refractivity contribution in [2.45, 2.75) is 0 Å². The van der Waals surface area contributed by atoms with Crippen LogP contribution in [0.3, 0.4) is 0 Å². The summed E-state index contributed by atoms with van der Waals surface area (Å²) in [6.45, 7) is 0. The van der Waals surface area contributed by atoms with Crippen molar-refractivity contribution in [1.82, 2.24) is 5.43 Å². The zero-order valence-electron chi connectivity index (χ0n) is 9.40. The number of hydrazine groups is 1. The predicted octanol–water partition coefficient (Wildman–Crippen LogP) is 3.13. The van der Waals surface area contributed by atoms with E-state index in [9.17, 15) is 4.39 Å². The maximum absolute atomic E-state index is 13.7. The fourth-order valence-corrected chi connectivity index (χ4v) is 1.84. The molecule has 0 bridgehead atoms. The Balaban J connectivity index is 2.45. The van der Waals surface area contributed by atoms with Crippen LogP contribution in [0.15, 0.2) is 58.0 Å². The average Bonchev–Trinajstić information content (AvgIpc) is 2.40. The van der Waals surface area contributed by atoms with Crippen molar-refractivity contribution in [3.05, 3.63) is 64.4 Å². The van der Waals surface area contributed by atoms with Crippen LogP contribution in [-0.4, -0.2) is 5.84 Å². The molecule has 0 amide bonds. The number of nitrogens with two attached hydrogens (primary N) is 1. The number of para-hydroxylation sites is 1. The van der Waals surface area contributed by atoms with E-state index in [4.69, 9.17) is 5.84 Å². The molecule has 0 fully saturated rings. The minimum atomic E-state index is -0.383. The van der Waals surface area contributed by atoms with Gasteiger partial charge in [-0.2, -0.15) is 0 Å². The van der Waals surface area contributed by atoms with Crippen molar-refractivity contribution in [2.24, 2.45) is 10.8 Å². The molecule has 3 nitrogen and oxygen atoms in total. The molecule has 0 radical (unpaired) electrons. The third-order valence-corrected chi connectivity index (χ3v) is 2.81. The number of hydrogen-bond acceptors (Lipinski definition) is 2. The van der Waals surface area contributed by atoms with Crippen LogP contribution in [-0.2, 0) is 0 Å². The van der Waals surface area contributed by atoms with E-state index in [0.29, 0.717) is 11.3 Å². The van der Waals surface area contributed by atoms with Gasteiger partial charge in [-0.05, 0) is 30.3 Å².